The zero-order chi connectivity index (χ0) is 21.8. The molecule has 0 bridgehead atoms. The van der Waals surface area contributed by atoms with Gasteiger partial charge in [-0.3, -0.25) is 4.99 Å². The van der Waals surface area contributed by atoms with Gasteiger partial charge in [-0.25, -0.2) is 0 Å². The first-order valence-electron chi connectivity index (χ1n) is 10.2. The molecule has 3 aromatic carbocycles. The van der Waals surface area contributed by atoms with Gasteiger partial charge in [0.05, 0.1) is 22.9 Å². The van der Waals surface area contributed by atoms with Gasteiger partial charge in [-0.15, -0.1) is 0 Å². The van der Waals surface area contributed by atoms with Crippen molar-refractivity contribution in [3.8, 4) is 22.6 Å². The molecule has 0 saturated carbocycles. The summed E-state index contributed by atoms with van der Waals surface area (Å²) in [6, 6.07) is 19.2. The molecule has 0 radical (unpaired) electrons. The van der Waals surface area contributed by atoms with Crippen LogP contribution < -0.4 is 4.74 Å². The highest BCUT2D eigenvalue weighted by atomic mass is 35.5. The first-order chi connectivity index (χ1) is 15.0. The second-order valence-electron chi connectivity index (χ2n) is 7.73. The highest BCUT2D eigenvalue weighted by Crippen LogP contribution is 2.38. The molecule has 1 aliphatic rings. The van der Waals surface area contributed by atoms with E-state index in [0.29, 0.717) is 21.7 Å². The van der Waals surface area contributed by atoms with Crippen LogP contribution in [0.2, 0.25) is 10.0 Å². The SMILES string of the molecule is CC(CN1C=NCC1)c1ccc(-c2cccc(O)c2OCc2ccc(Cl)c(Cl)c2)cc1. The normalized spacial score (nSPS) is 14.1. The topological polar surface area (TPSA) is 45.1 Å². The van der Waals surface area contributed by atoms with Crippen molar-refractivity contribution in [3.63, 3.8) is 0 Å². The third-order valence-electron chi connectivity index (χ3n) is 5.42. The Kier molecular flexibility index (Phi) is 6.69. The summed E-state index contributed by atoms with van der Waals surface area (Å²) in [4.78, 5) is 6.53. The Morgan fingerprint density at radius 2 is 1.87 bits per heavy atom. The fraction of sp³-hybridized carbons (Fsp3) is 0.240. The zero-order valence-corrected chi connectivity index (χ0v) is 18.8. The van der Waals surface area contributed by atoms with Crippen molar-refractivity contribution in [2.45, 2.75) is 19.4 Å². The van der Waals surface area contributed by atoms with Gasteiger partial charge in [0, 0.05) is 18.7 Å². The maximum atomic E-state index is 10.4. The number of nitrogens with zero attached hydrogens (tertiary/aromatic N) is 2. The minimum absolute atomic E-state index is 0.100. The predicted octanol–water partition coefficient (Wildman–Crippen LogP) is 6.39. The molecule has 31 heavy (non-hydrogen) atoms. The van der Waals surface area contributed by atoms with E-state index < -0.39 is 0 Å². The largest absolute Gasteiger partial charge is 0.504 e. The molecule has 0 fully saturated rings. The first-order valence-corrected chi connectivity index (χ1v) is 11.0. The average molecular weight is 455 g/mol. The molecule has 1 N–H and O–H groups in total. The molecule has 0 aromatic heterocycles. The molecule has 0 saturated heterocycles. The maximum Gasteiger partial charge on any atom is 0.169 e. The Morgan fingerprint density at radius 1 is 1.06 bits per heavy atom. The van der Waals surface area contributed by atoms with Gasteiger partial charge < -0.3 is 14.7 Å². The van der Waals surface area contributed by atoms with E-state index in [9.17, 15) is 5.11 Å². The zero-order valence-electron chi connectivity index (χ0n) is 17.3. The van der Waals surface area contributed by atoms with Crippen LogP contribution in [0.4, 0.5) is 0 Å². The van der Waals surface area contributed by atoms with E-state index in [1.807, 2.05) is 24.5 Å². The molecule has 1 heterocycles. The lowest BCUT2D eigenvalue weighted by Crippen LogP contribution is -2.24. The Morgan fingerprint density at radius 3 is 2.58 bits per heavy atom. The summed E-state index contributed by atoms with van der Waals surface area (Å²) in [7, 11) is 0. The maximum absolute atomic E-state index is 10.4. The molecular weight excluding hydrogens is 431 g/mol. The van der Waals surface area contributed by atoms with Gasteiger partial charge >= 0.3 is 0 Å². The molecule has 0 spiro atoms. The Labute approximate surface area is 192 Å². The summed E-state index contributed by atoms with van der Waals surface area (Å²) < 4.78 is 6.00. The predicted molar refractivity (Wildman–Crippen MR) is 128 cm³/mol. The quantitative estimate of drug-likeness (QED) is 0.449. The second-order valence-corrected chi connectivity index (χ2v) is 8.55. The summed E-state index contributed by atoms with van der Waals surface area (Å²) in [5, 5.41) is 11.4. The van der Waals surface area contributed by atoms with Crippen LogP contribution in [0.25, 0.3) is 11.1 Å². The van der Waals surface area contributed by atoms with Gasteiger partial charge in [-0.1, -0.05) is 72.6 Å². The Hall–Kier alpha value is -2.69. The summed E-state index contributed by atoms with van der Waals surface area (Å²) in [6.07, 6.45) is 1.94. The van der Waals surface area contributed by atoms with E-state index in [-0.39, 0.29) is 12.4 Å². The Balaban J connectivity index is 1.51. The van der Waals surface area contributed by atoms with Gasteiger partial charge in [-0.2, -0.15) is 0 Å². The molecule has 6 heteroatoms. The number of phenolic OH excluding ortho intramolecular Hbond substituents is 1. The van der Waals surface area contributed by atoms with Gasteiger partial charge in [-0.05, 0) is 40.8 Å². The Bertz CT molecular complexity index is 1080. The summed E-state index contributed by atoms with van der Waals surface area (Å²) in [5.41, 5.74) is 3.96. The summed E-state index contributed by atoms with van der Waals surface area (Å²) in [5.74, 6) is 0.944. The lowest BCUT2D eigenvalue weighted by Gasteiger charge is -2.20. The molecule has 3 aromatic rings. The van der Waals surface area contributed by atoms with E-state index in [4.69, 9.17) is 27.9 Å². The fourth-order valence-corrected chi connectivity index (χ4v) is 4.01. The van der Waals surface area contributed by atoms with Crippen LogP contribution in [0.5, 0.6) is 11.5 Å². The molecule has 0 aliphatic carbocycles. The number of halogens is 2. The number of ether oxygens (including phenoxy) is 1. The molecular formula is C25H24Cl2N2O2. The van der Waals surface area contributed by atoms with E-state index in [1.54, 1.807) is 18.2 Å². The van der Waals surface area contributed by atoms with Crippen molar-refractivity contribution < 1.29 is 9.84 Å². The number of phenols is 1. The van der Waals surface area contributed by atoms with Crippen molar-refractivity contribution in [1.82, 2.24) is 4.90 Å². The molecule has 1 atom stereocenters. The van der Waals surface area contributed by atoms with Crippen molar-refractivity contribution in [3.05, 3.63) is 81.8 Å². The van der Waals surface area contributed by atoms with Crippen molar-refractivity contribution in [2.24, 2.45) is 4.99 Å². The smallest absolute Gasteiger partial charge is 0.169 e. The summed E-state index contributed by atoms with van der Waals surface area (Å²) >= 11 is 12.1. The molecule has 4 rings (SSSR count). The third-order valence-corrected chi connectivity index (χ3v) is 6.16. The average Bonchev–Trinajstić information content (AvgIpc) is 3.28. The van der Waals surface area contributed by atoms with Gasteiger partial charge in [0.2, 0.25) is 0 Å². The monoisotopic (exact) mass is 454 g/mol. The standard InChI is InChI=1S/C25H24Cl2N2O2/c1-17(14-29-12-11-28-16-29)19-6-8-20(9-7-19)21-3-2-4-24(30)25(21)31-15-18-5-10-22(26)23(27)13-18/h2-10,13,16-17,30H,11-12,14-15H2,1H3. The van der Waals surface area contributed by atoms with Crippen LogP contribution in [-0.4, -0.2) is 36.0 Å². The fourth-order valence-electron chi connectivity index (χ4n) is 3.69. The highest BCUT2D eigenvalue weighted by Gasteiger charge is 2.15. The van der Waals surface area contributed by atoms with Crippen LogP contribution in [0.3, 0.4) is 0 Å². The van der Waals surface area contributed by atoms with Crippen molar-refractivity contribution in [2.75, 3.05) is 19.6 Å². The number of para-hydroxylation sites is 1. The number of hydrogen-bond acceptors (Lipinski definition) is 4. The number of benzene rings is 3. The third kappa shape index (κ3) is 5.15. The molecule has 0 amide bonds. The second kappa shape index (κ2) is 9.63. The molecule has 1 unspecified atom stereocenters. The van der Waals surface area contributed by atoms with E-state index in [2.05, 4.69) is 41.1 Å². The number of aliphatic imine (C=N–C) groups is 1. The van der Waals surface area contributed by atoms with Gasteiger partial charge in [0.15, 0.2) is 11.5 Å². The van der Waals surface area contributed by atoms with E-state index >= 15 is 0 Å². The van der Waals surface area contributed by atoms with Gasteiger partial charge in [0.1, 0.15) is 6.61 Å². The van der Waals surface area contributed by atoms with E-state index in [1.165, 1.54) is 5.56 Å². The van der Waals surface area contributed by atoms with Crippen molar-refractivity contribution in [1.29, 1.82) is 0 Å². The lowest BCUT2D eigenvalue weighted by atomic mass is 9.96. The number of aromatic hydroxyl groups is 1. The number of hydrogen-bond donors (Lipinski definition) is 1. The minimum atomic E-state index is 0.100. The van der Waals surface area contributed by atoms with Crippen LogP contribution in [0.1, 0.15) is 24.0 Å². The highest BCUT2D eigenvalue weighted by molar-refractivity contribution is 6.42. The molecule has 1 aliphatic heterocycles. The summed E-state index contributed by atoms with van der Waals surface area (Å²) in [6.45, 7) is 5.32. The first kappa shape index (κ1) is 21.5. The van der Waals surface area contributed by atoms with Crippen molar-refractivity contribution >= 4 is 29.5 Å². The van der Waals surface area contributed by atoms with Crippen LogP contribution in [-0.2, 0) is 6.61 Å². The van der Waals surface area contributed by atoms with Crippen LogP contribution in [0.15, 0.2) is 65.7 Å². The van der Waals surface area contributed by atoms with Crippen LogP contribution in [0, 0.1) is 0 Å². The minimum Gasteiger partial charge on any atom is -0.504 e. The molecule has 160 valence electrons. The van der Waals surface area contributed by atoms with E-state index in [0.717, 1.165) is 36.3 Å². The number of rotatable bonds is 7. The molecule has 4 nitrogen and oxygen atoms in total. The van der Waals surface area contributed by atoms with Crippen LogP contribution >= 0.6 is 23.2 Å². The van der Waals surface area contributed by atoms with Gasteiger partial charge in [0.25, 0.3) is 0 Å². The lowest BCUT2D eigenvalue weighted by molar-refractivity contribution is 0.290.